The lowest BCUT2D eigenvalue weighted by molar-refractivity contribution is -0.119. The van der Waals surface area contributed by atoms with Gasteiger partial charge in [-0.25, -0.2) is 4.79 Å². The highest BCUT2D eigenvalue weighted by atomic mass is 32.1. The van der Waals surface area contributed by atoms with Crippen molar-refractivity contribution in [1.29, 1.82) is 5.26 Å². The number of carbonyl (C=O) groups is 3. The van der Waals surface area contributed by atoms with Crippen molar-refractivity contribution in [3.05, 3.63) is 69.8 Å². The molecule has 0 radical (unpaired) electrons. The van der Waals surface area contributed by atoms with Gasteiger partial charge in [-0.05, 0) is 33.3 Å². The predicted molar refractivity (Wildman–Crippen MR) is 130 cm³/mol. The van der Waals surface area contributed by atoms with Crippen LogP contribution in [0.25, 0.3) is 11.1 Å². The summed E-state index contributed by atoms with van der Waals surface area (Å²) in [6, 6.07) is 11.2. The van der Waals surface area contributed by atoms with Gasteiger partial charge in [-0.15, -0.1) is 11.3 Å². The SMILES string of the molecule is CC(C)=CC(=O)Nc1scc(-c2ccccc2)c1C(=O)OCC(=O)Nc1oc(C)c(C)c1C#N. The number of nitrogens with zero attached hydrogens (tertiary/aromatic N) is 1. The van der Waals surface area contributed by atoms with E-state index >= 15 is 0 Å². The maximum Gasteiger partial charge on any atom is 0.342 e. The maximum absolute atomic E-state index is 13.0. The second-order valence-corrected chi connectivity index (χ2v) is 8.53. The highest BCUT2D eigenvalue weighted by Gasteiger charge is 2.24. The average molecular weight is 478 g/mol. The van der Waals surface area contributed by atoms with Crippen molar-refractivity contribution in [1.82, 2.24) is 0 Å². The Bertz CT molecular complexity index is 1310. The van der Waals surface area contributed by atoms with Gasteiger partial charge in [0.15, 0.2) is 6.61 Å². The summed E-state index contributed by atoms with van der Waals surface area (Å²) in [5.74, 6) is -1.29. The monoisotopic (exact) mass is 477 g/mol. The van der Waals surface area contributed by atoms with Crippen LogP contribution in [0.15, 0.2) is 51.8 Å². The summed E-state index contributed by atoms with van der Waals surface area (Å²) in [5, 5.41) is 16.5. The van der Waals surface area contributed by atoms with E-state index in [0.717, 1.165) is 11.1 Å². The number of thiophene rings is 1. The van der Waals surface area contributed by atoms with E-state index in [9.17, 15) is 19.6 Å². The first-order valence-corrected chi connectivity index (χ1v) is 11.2. The number of carbonyl (C=O) groups excluding carboxylic acids is 3. The second-order valence-electron chi connectivity index (χ2n) is 7.65. The van der Waals surface area contributed by atoms with Crippen molar-refractivity contribution in [2.45, 2.75) is 27.7 Å². The molecular weight excluding hydrogens is 454 g/mol. The summed E-state index contributed by atoms with van der Waals surface area (Å²) in [7, 11) is 0. The summed E-state index contributed by atoms with van der Waals surface area (Å²) < 4.78 is 10.7. The maximum atomic E-state index is 13.0. The molecule has 0 bridgehead atoms. The van der Waals surface area contributed by atoms with Crippen LogP contribution in [0.4, 0.5) is 10.9 Å². The number of anilines is 2. The Morgan fingerprint density at radius 3 is 2.50 bits per heavy atom. The lowest BCUT2D eigenvalue weighted by atomic mass is 10.0. The Morgan fingerprint density at radius 1 is 1.15 bits per heavy atom. The third kappa shape index (κ3) is 5.60. The molecular formula is C25H23N3O5S. The Labute approximate surface area is 200 Å². The third-order valence-electron chi connectivity index (χ3n) is 4.82. The molecule has 0 saturated heterocycles. The summed E-state index contributed by atoms with van der Waals surface area (Å²) in [4.78, 5) is 37.7. The molecule has 8 nitrogen and oxygen atoms in total. The molecule has 1 aromatic carbocycles. The number of nitriles is 1. The number of furan rings is 1. The minimum atomic E-state index is -0.768. The molecule has 2 heterocycles. The number of nitrogens with one attached hydrogen (secondary N) is 2. The first-order valence-electron chi connectivity index (χ1n) is 10.3. The quantitative estimate of drug-likeness (QED) is 0.356. The van der Waals surface area contributed by atoms with Crippen LogP contribution in [0.3, 0.4) is 0 Å². The van der Waals surface area contributed by atoms with Crippen molar-refractivity contribution in [2.24, 2.45) is 0 Å². The zero-order valence-corrected chi connectivity index (χ0v) is 20.0. The van der Waals surface area contributed by atoms with E-state index in [1.165, 1.54) is 17.4 Å². The smallest absolute Gasteiger partial charge is 0.342 e. The van der Waals surface area contributed by atoms with Crippen LogP contribution >= 0.6 is 11.3 Å². The number of esters is 1. The molecule has 0 unspecified atom stereocenters. The molecule has 0 aliphatic rings. The number of ether oxygens (including phenoxy) is 1. The predicted octanol–water partition coefficient (Wildman–Crippen LogP) is 5.20. The Morgan fingerprint density at radius 2 is 1.85 bits per heavy atom. The van der Waals surface area contributed by atoms with Crippen LogP contribution in [0.5, 0.6) is 0 Å². The van der Waals surface area contributed by atoms with Crippen LogP contribution < -0.4 is 10.6 Å². The van der Waals surface area contributed by atoms with Crippen molar-refractivity contribution in [3.8, 4) is 17.2 Å². The molecule has 2 amide bonds. The lowest BCUT2D eigenvalue weighted by Crippen LogP contribution is -2.22. The van der Waals surface area contributed by atoms with Gasteiger partial charge < -0.3 is 14.5 Å². The molecule has 0 aliphatic carbocycles. The van der Waals surface area contributed by atoms with Gasteiger partial charge in [0.2, 0.25) is 11.8 Å². The van der Waals surface area contributed by atoms with Crippen molar-refractivity contribution < 1.29 is 23.5 Å². The van der Waals surface area contributed by atoms with E-state index in [-0.39, 0.29) is 22.9 Å². The number of amides is 2. The number of hydrogen-bond donors (Lipinski definition) is 2. The zero-order chi connectivity index (χ0) is 24.8. The summed E-state index contributed by atoms with van der Waals surface area (Å²) >= 11 is 1.19. The first kappa shape index (κ1) is 24.5. The molecule has 3 aromatic rings. The summed E-state index contributed by atoms with van der Waals surface area (Å²) in [5.41, 5.74) is 3.13. The van der Waals surface area contributed by atoms with Crippen LogP contribution in [-0.2, 0) is 14.3 Å². The number of hydrogen-bond acceptors (Lipinski definition) is 7. The van der Waals surface area contributed by atoms with Gasteiger partial charge in [0.05, 0.1) is 0 Å². The van der Waals surface area contributed by atoms with Gasteiger partial charge in [0.25, 0.3) is 5.91 Å². The van der Waals surface area contributed by atoms with E-state index in [1.54, 1.807) is 33.1 Å². The van der Waals surface area contributed by atoms with Gasteiger partial charge in [-0.3, -0.25) is 14.9 Å². The molecule has 0 aliphatic heterocycles. The minimum Gasteiger partial charge on any atom is -0.452 e. The molecule has 0 spiro atoms. The van der Waals surface area contributed by atoms with Gasteiger partial charge in [-0.1, -0.05) is 35.9 Å². The fourth-order valence-electron chi connectivity index (χ4n) is 3.11. The molecule has 0 fully saturated rings. The van der Waals surface area contributed by atoms with Crippen LogP contribution in [0.2, 0.25) is 0 Å². The molecule has 9 heteroatoms. The van der Waals surface area contributed by atoms with E-state index < -0.39 is 18.5 Å². The van der Waals surface area contributed by atoms with Crippen molar-refractivity contribution in [2.75, 3.05) is 17.2 Å². The second kappa shape index (κ2) is 10.6. The molecule has 34 heavy (non-hydrogen) atoms. The van der Waals surface area contributed by atoms with E-state index in [4.69, 9.17) is 9.15 Å². The zero-order valence-electron chi connectivity index (χ0n) is 19.1. The fourth-order valence-corrected chi connectivity index (χ4v) is 4.07. The summed E-state index contributed by atoms with van der Waals surface area (Å²) in [6.45, 7) is 6.36. The molecule has 2 aromatic heterocycles. The van der Waals surface area contributed by atoms with Crippen LogP contribution in [0, 0.1) is 25.2 Å². The fraction of sp³-hybridized carbons (Fsp3) is 0.200. The third-order valence-corrected chi connectivity index (χ3v) is 5.72. The number of allylic oxidation sites excluding steroid dienone is 1. The van der Waals surface area contributed by atoms with Gasteiger partial charge >= 0.3 is 5.97 Å². The van der Waals surface area contributed by atoms with E-state index in [2.05, 4.69) is 10.6 Å². The average Bonchev–Trinajstić information content (AvgIpc) is 3.32. The van der Waals surface area contributed by atoms with E-state index in [1.807, 2.05) is 36.4 Å². The highest BCUT2D eigenvalue weighted by molar-refractivity contribution is 7.15. The molecule has 3 rings (SSSR count). The number of rotatable bonds is 7. The number of aryl methyl sites for hydroxylation is 1. The standard InChI is InChI=1S/C25H23N3O5S/c1-14(2)10-20(29)28-24-22(19(13-34-24)17-8-6-5-7-9-17)25(31)32-12-21(30)27-23-18(11-26)15(3)16(4)33-23/h5-10,13H,12H2,1-4H3,(H,27,30)(H,28,29). The Hall–Kier alpha value is -4.16. The summed E-state index contributed by atoms with van der Waals surface area (Å²) in [6.07, 6.45) is 1.42. The van der Waals surface area contributed by atoms with Crippen LogP contribution in [-0.4, -0.2) is 24.4 Å². The highest BCUT2D eigenvalue weighted by Crippen LogP contribution is 2.36. The lowest BCUT2D eigenvalue weighted by Gasteiger charge is -2.09. The van der Waals surface area contributed by atoms with E-state index in [0.29, 0.717) is 21.9 Å². The van der Waals surface area contributed by atoms with Crippen LogP contribution in [0.1, 0.15) is 41.1 Å². The molecule has 0 atom stereocenters. The molecule has 174 valence electrons. The van der Waals surface area contributed by atoms with Gasteiger partial charge in [0.1, 0.15) is 28.0 Å². The Balaban J connectivity index is 1.81. The van der Waals surface area contributed by atoms with Gasteiger partial charge in [-0.2, -0.15) is 5.26 Å². The number of benzene rings is 1. The largest absolute Gasteiger partial charge is 0.452 e. The topological polar surface area (TPSA) is 121 Å². The minimum absolute atomic E-state index is 0.00809. The Kier molecular flexibility index (Phi) is 7.66. The van der Waals surface area contributed by atoms with Crippen molar-refractivity contribution in [3.63, 3.8) is 0 Å². The van der Waals surface area contributed by atoms with Gasteiger partial charge in [0, 0.05) is 22.6 Å². The van der Waals surface area contributed by atoms with Crippen molar-refractivity contribution >= 4 is 40.0 Å². The first-order chi connectivity index (χ1) is 16.2. The molecule has 2 N–H and O–H groups in total. The molecule has 0 saturated carbocycles. The normalized spacial score (nSPS) is 10.2.